The van der Waals surface area contributed by atoms with Crippen molar-refractivity contribution in [3.63, 3.8) is 0 Å². The molecule has 0 saturated carbocycles. The molecule has 4 radical (unpaired) electrons. The van der Waals surface area contributed by atoms with E-state index in [1.807, 2.05) is 0 Å². The molecular weight excluding hydrogens is 124 g/mol. The second kappa shape index (κ2) is 9.57. The number of hydrogen-bond acceptors (Lipinski definition) is 1. The first-order valence-corrected chi connectivity index (χ1v) is 0.651. The molecule has 0 aromatic heterocycles. The monoisotopic (exact) mass is 126 g/mol. The van der Waals surface area contributed by atoms with Crippen LogP contribution in [0.3, 0.4) is 0 Å². The minimum absolute atomic E-state index is 0. The molecule has 0 atom stereocenters. The van der Waals surface area contributed by atoms with E-state index in [0.717, 1.165) is 0 Å². The predicted octanol–water partition coefficient (Wildman–Crippen LogP) is -0.539. The van der Waals surface area contributed by atoms with Gasteiger partial charge in [0.2, 0.25) is 0 Å². The number of hydrogen-bond donors (Lipinski definition) is 2. The maximum atomic E-state index is 8.56. The molecule has 0 aliphatic rings. The molecule has 28 valence electrons. The van der Waals surface area contributed by atoms with Crippen LogP contribution < -0.4 is 0 Å². The molecular formula is CH2CaMgO3. The summed E-state index contributed by atoms with van der Waals surface area (Å²) in [6.45, 7) is 0. The van der Waals surface area contributed by atoms with Crippen molar-refractivity contribution in [2.24, 2.45) is 0 Å². The summed E-state index contributed by atoms with van der Waals surface area (Å²) in [6, 6.07) is 0. The van der Waals surface area contributed by atoms with Crippen molar-refractivity contribution in [2.75, 3.05) is 0 Å². The molecule has 0 unspecified atom stereocenters. The standard InChI is InChI=1S/CH2O3.Ca.Mg/c2-1(3)4;;/h(H2,2,3,4);;. The normalized spacial score (nSPS) is 4.00. The van der Waals surface area contributed by atoms with Crippen molar-refractivity contribution in [3.8, 4) is 0 Å². The topological polar surface area (TPSA) is 57.5 Å². The molecule has 0 aromatic rings. The smallest absolute Gasteiger partial charge is 0.450 e. The van der Waals surface area contributed by atoms with E-state index in [9.17, 15) is 0 Å². The largest absolute Gasteiger partial charge is 0.503 e. The SMILES string of the molecule is O=C(O)O.[Ca].[Mg]. The van der Waals surface area contributed by atoms with E-state index in [-0.39, 0.29) is 60.8 Å². The van der Waals surface area contributed by atoms with Crippen molar-refractivity contribution in [2.45, 2.75) is 0 Å². The average Bonchev–Trinajstić information content (AvgIpc) is 0.811. The van der Waals surface area contributed by atoms with Gasteiger partial charge in [-0.25, -0.2) is 4.79 Å². The van der Waals surface area contributed by atoms with Crippen molar-refractivity contribution >= 4 is 66.9 Å². The molecule has 0 heterocycles. The van der Waals surface area contributed by atoms with E-state index < -0.39 is 6.16 Å². The first kappa shape index (κ1) is 15.7. The van der Waals surface area contributed by atoms with E-state index in [0.29, 0.717) is 0 Å². The van der Waals surface area contributed by atoms with Crippen LogP contribution in [0.5, 0.6) is 0 Å². The summed E-state index contributed by atoms with van der Waals surface area (Å²) in [7, 11) is 0. The summed E-state index contributed by atoms with van der Waals surface area (Å²) in [5.74, 6) is 0. The predicted molar refractivity (Wildman–Crippen MR) is 22.2 cm³/mol. The maximum Gasteiger partial charge on any atom is 0.503 e. The van der Waals surface area contributed by atoms with Gasteiger partial charge in [0.25, 0.3) is 0 Å². The van der Waals surface area contributed by atoms with Crippen LogP contribution in [0.25, 0.3) is 0 Å². The van der Waals surface area contributed by atoms with Gasteiger partial charge < -0.3 is 10.2 Å². The Morgan fingerprint density at radius 1 is 1.33 bits per heavy atom. The third-order valence-electron chi connectivity index (χ3n) is 0. The van der Waals surface area contributed by atoms with Gasteiger partial charge >= 0.3 is 6.16 Å². The minimum Gasteiger partial charge on any atom is -0.450 e. The van der Waals surface area contributed by atoms with Crippen LogP contribution in [0, 0.1) is 0 Å². The van der Waals surface area contributed by atoms with E-state index in [2.05, 4.69) is 0 Å². The Kier molecular flexibility index (Phi) is 25.0. The van der Waals surface area contributed by atoms with Crippen molar-refractivity contribution in [1.29, 1.82) is 0 Å². The third kappa shape index (κ3) is 58.2. The second-order valence-corrected chi connectivity index (χ2v) is 0.283. The van der Waals surface area contributed by atoms with Crippen molar-refractivity contribution < 1.29 is 15.0 Å². The average molecular weight is 126 g/mol. The fourth-order valence-corrected chi connectivity index (χ4v) is 0. The summed E-state index contributed by atoms with van der Waals surface area (Å²) in [5.41, 5.74) is 0. The van der Waals surface area contributed by atoms with Crippen molar-refractivity contribution in [3.05, 3.63) is 0 Å². The molecule has 0 spiro atoms. The number of carboxylic acid groups (broad SMARTS) is 2. The summed E-state index contributed by atoms with van der Waals surface area (Å²) in [4.78, 5) is 8.56. The van der Waals surface area contributed by atoms with Gasteiger partial charge in [0.15, 0.2) is 0 Å². The van der Waals surface area contributed by atoms with Crippen LogP contribution in [0.2, 0.25) is 0 Å². The third-order valence-corrected chi connectivity index (χ3v) is 0. The first-order chi connectivity index (χ1) is 1.73. The Bertz CT molecular complexity index is 33.8. The van der Waals surface area contributed by atoms with Gasteiger partial charge in [-0.15, -0.1) is 0 Å². The molecule has 3 nitrogen and oxygen atoms in total. The summed E-state index contributed by atoms with van der Waals surface area (Å²) in [6.07, 6.45) is -1.83. The fourth-order valence-electron chi connectivity index (χ4n) is 0. The zero-order valence-corrected chi connectivity index (χ0v) is 6.84. The van der Waals surface area contributed by atoms with Crippen LogP contribution in [0.15, 0.2) is 0 Å². The molecule has 0 amide bonds. The Hall–Kier alpha value is 1.30. The van der Waals surface area contributed by atoms with Crippen LogP contribution in [-0.2, 0) is 0 Å². The van der Waals surface area contributed by atoms with E-state index in [4.69, 9.17) is 15.0 Å². The molecule has 0 aromatic carbocycles. The van der Waals surface area contributed by atoms with E-state index in [1.54, 1.807) is 0 Å². The Balaban J connectivity index is -0.0000000450. The molecule has 0 aliphatic carbocycles. The molecule has 6 heavy (non-hydrogen) atoms. The Labute approximate surface area is 80.9 Å². The van der Waals surface area contributed by atoms with Crippen LogP contribution in [-0.4, -0.2) is 77.2 Å². The van der Waals surface area contributed by atoms with Crippen molar-refractivity contribution in [1.82, 2.24) is 0 Å². The summed E-state index contributed by atoms with van der Waals surface area (Å²) >= 11 is 0. The van der Waals surface area contributed by atoms with E-state index >= 15 is 0 Å². The Morgan fingerprint density at radius 3 is 1.33 bits per heavy atom. The zero-order valence-electron chi connectivity index (χ0n) is 3.22. The number of carbonyl (C=O) groups is 1. The molecule has 0 rings (SSSR count). The first-order valence-electron chi connectivity index (χ1n) is 0.651. The van der Waals surface area contributed by atoms with Gasteiger partial charge in [0, 0.05) is 60.8 Å². The van der Waals surface area contributed by atoms with Gasteiger partial charge in [-0.2, -0.15) is 0 Å². The molecule has 0 saturated heterocycles. The molecule has 0 bridgehead atoms. The summed E-state index contributed by atoms with van der Waals surface area (Å²) in [5, 5.41) is 13.9. The fraction of sp³-hybridized carbons (Fsp3) is 0. The summed E-state index contributed by atoms with van der Waals surface area (Å²) < 4.78 is 0. The van der Waals surface area contributed by atoms with Gasteiger partial charge in [-0.3, -0.25) is 0 Å². The quantitative estimate of drug-likeness (QED) is 0.429. The van der Waals surface area contributed by atoms with Crippen LogP contribution in [0.4, 0.5) is 4.79 Å². The minimum atomic E-state index is -1.83. The zero-order chi connectivity index (χ0) is 3.58. The molecule has 0 aliphatic heterocycles. The molecule has 2 N–H and O–H groups in total. The Morgan fingerprint density at radius 2 is 1.33 bits per heavy atom. The van der Waals surface area contributed by atoms with Crippen LogP contribution >= 0.6 is 0 Å². The van der Waals surface area contributed by atoms with Gasteiger partial charge in [0.05, 0.1) is 0 Å². The number of rotatable bonds is 0. The molecule has 0 fully saturated rings. The van der Waals surface area contributed by atoms with E-state index in [1.165, 1.54) is 0 Å². The van der Waals surface area contributed by atoms with Crippen LogP contribution in [0.1, 0.15) is 0 Å². The van der Waals surface area contributed by atoms with Gasteiger partial charge in [0.1, 0.15) is 0 Å². The van der Waals surface area contributed by atoms with Gasteiger partial charge in [-0.1, -0.05) is 0 Å². The maximum absolute atomic E-state index is 8.56. The van der Waals surface area contributed by atoms with Gasteiger partial charge in [-0.05, 0) is 0 Å². The second-order valence-electron chi connectivity index (χ2n) is 0.283. The molecule has 5 heteroatoms.